The number of H-pyrrole nitrogens is 1. The number of hydrogen-bond donors (Lipinski definition) is 1. The number of terminal acetylenes is 1. The van der Waals surface area contributed by atoms with Crippen LogP contribution in [0.2, 0.25) is 0 Å². The first-order chi connectivity index (χ1) is 10.4. The number of rotatable bonds is 4. The van der Waals surface area contributed by atoms with Crippen LogP contribution in [0.25, 0.3) is 0 Å². The molecular weight excluding hydrogens is 290 g/mol. The fraction of sp³-hybridized carbons (Fsp3) is 0.571. The molecule has 1 aliphatic rings. The predicted molar refractivity (Wildman–Crippen MR) is 75.8 cm³/mol. The van der Waals surface area contributed by atoms with Crippen LogP contribution in [-0.2, 0) is 20.0 Å². The monoisotopic (exact) mass is 307 g/mol. The number of aromatic nitrogens is 3. The average molecular weight is 307 g/mol. The lowest BCUT2D eigenvalue weighted by molar-refractivity contribution is -0.154. The van der Waals surface area contributed by atoms with Crippen LogP contribution in [-0.4, -0.2) is 33.2 Å². The summed E-state index contributed by atoms with van der Waals surface area (Å²) in [5.74, 6) is 1.87. The number of aromatic amines is 1. The first kappa shape index (κ1) is 16.0. The molecule has 2 unspecified atom stereocenters. The highest BCUT2D eigenvalue weighted by Gasteiger charge is 2.42. The van der Waals surface area contributed by atoms with Crippen molar-refractivity contribution in [1.82, 2.24) is 14.5 Å². The third-order valence-corrected chi connectivity index (χ3v) is 3.39. The van der Waals surface area contributed by atoms with E-state index in [1.807, 2.05) is 4.98 Å². The molecule has 1 aromatic heterocycles. The largest absolute Gasteiger partial charge is 0.463 e. The van der Waals surface area contributed by atoms with Crippen LogP contribution in [0.3, 0.4) is 0 Å². The summed E-state index contributed by atoms with van der Waals surface area (Å²) in [5, 5.41) is 0. The summed E-state index contributed by atoms with van der Waals surface area (Å²) in [5.41, 5.74) is -2.78. The van der Waals surface area contributed by atoms with Crippen LogP contribution in [0, 0.1) is 18.3 Å². The van der Waals surface area contributed by atoms with Gasteiger partial charge in [0.25, 0.3) is 0 Å². The molecule has 1 aromatic rings. The number of nitrogens with zero attached hydrogens (tertiary/aromatic N) is 2. The molecule has 1 fully saturated rings. The molecule has 0 aromatic carbocycles. The Hall–Kier alpha value is -2.40. The third kappa shape index (κ3) is 3.09. The van der Waals surface area contributed by atoms with Crippen molar-refractivity contribution < 1.29 is 14.3 Å². The molecule has 2 rings (SSSR count). The van der Waals surface area contributed by atoms with Crippen molar-refractivity contribution in [2.45, 2.75) is 38.5 Å². The first-order valence-corrected chi connectivity index (χ1v) is 6.88. The van der Waals surface area contributed by atoms with Crippen LogP contribution in [0.1, 0.15) is 26.7 Å². The second-order valence-electron chi connectivity index (χ2n) is 5.34. The van der Waals surface area contributed by atoms with E-state index in [9.17, 15) is 14.4 Å². The molecule has 0 bridgehead atoms. The van der Waals surface area contributed by atoms with Gasteiger partial charge in [-0.15, -0.1) is 6.42 Å². The minimum absolute atomic E-state index is 0.0615. The van der Waals surface area contributed by atoms with Gasteiger partial charge in [-0.05, 0) is 12.3 Å². The summed E-state index contributed by atoms with van der Waals surface area (Å²) >= 11 is 0. The summed E-state index contributed by atoms with van der Waals surface area (Å²) in [6.07, 6.45) is 7.02. The van der Waals surface area contributed by atoms with E-state index in [2.05, 4.69) is 10.9 Å². The fourth-order valence-corrected chi connectivity index (χ4v) is 2.17. The highest BCUT2D eigenvalue weighted by atomic mass is 16.6. The summed E-state index contributed by atoms with van der Waals surface area (Å²) in [6, 6.07) is 0. The zero-order valence-corrected chi connectivity index (χ0v) is 12.4. The SMILES string of the molecule is C#CC1(n2cnc(=O)[nH]c2=O)CCC(COC(=O)C(C)C)O1. The maximum Gasteiger partial charge on any atom is 0.350 e. The number of nitrogens with one attached hydrogen (secondary N) is 1. The topological polar surface area (TPSA) is 103 Å². The highest BCUT2D eigenvalue weighted by molar-refractivity contribution is 5.71. The Kier molecular flexibility index (Phi) is 4.47. The molecular formula is C14H17N3O5. The zero-order valence-electron chi connectivity index (χ0n) is 12.4. The molecule has 2 atom stereocenters. The molecule has 0 spiro atoms. The lowest BCUT2D eigenvalue weighted by Gasteiger charge is -2.25. The Balaban J connectivity index is 2.14. The number of ether oxygens (including phenoxy) is 2. The van der Waals surface area contributed by atoms with Crippen LogP contribution in [0.4, 0.5) is 0 Å². The van der Waals surface area contributed by atoms with E-state index in [1.54, 1.807) is 13.8 Å². The van der Waals surface area contributed by atoms with Crippen molar-refractivity contribution in [3.8, 4) is 12.3 Å². The highest BCUT2D eigenvalue weighted by Crippen LogP contribution is 2.33. The van der Waals surface area contributed by atoms with Crippen LogP contribution in [0.5, 0.6) is 0 Å². The molecule has 0 saturated carbocycles. The standard InChI is InChI=1S/C14H17N3O5/c1-4-14(17-8-15-12(19)16-13(17)20)6-5-10(22-14)7-21-11(18)9(2)3/h1,8-10H,5-7H2,2-3H3,(H,16,19,20). The molecule has 1 saturated heterocycles. The van der Waals surface area contributed by atoms with Gasteiger partial charge in [0, 0.05) is 6.42 Å². The Morgan fingerprint density at radius 3 is 3.00 bits per heavy atom. The summed E-state index contributed by atoms with van der Waals surface area (Å²) < 4.78 is 11.9. The maximum atomic E-state index is 11.9. The molecule has 8 nitrogen and oxygen atoms in total. The summed E-state index contributed by atoms with van der Waals surface area (Å²) in [4.78, 5) is 39.9. The quantitative estimate of drug-likeness (QED) is 0.599. The Bertz CT molecular complexity index is 714. The average Bonchev–Trinajstić information content (AvgIpc) is 2.89. The molecule has 0 amide bonds. The first-order valence-electron chi connectivity index (χ1n) is 6.88. The van der Waals surface area contributed by atoms with Gasteiger partial charge in [-0.1, -0.05) is 13.8 Å². The molecule has 2 heterocycles. The van der Waals surface area contributed by atoms with E-state index >= 15 is 0 Å². The van der Waals surface area contributed by atoms with Crippen LogP contribution in [0.15, 0.2) is 15.9 Å². The zero-order chi connectivity index (χ0) is 16.3. The van der Waals surface area contributed by atoms with E-state index in [-0.39, 0.29) is 18.5 Å². The molecule has 22 heavy (non-hydrogen) atoms. The van der Waals surface area contributed by atoms with Gasteiger partial charge < -0.3 is 9.47 Å². The maximum absolute atomic E-state index is 11.9. The van der Waals surface area contributed by atoms with Gasteiger partial charge in [0.2, 0.25) is 5.72 Å². The van der Waals surface area contributed by atoms with Gasteiger partial charge in [0.05, 0.1) is 12.0 Å². The van der Waals surface area contributed by atoms with Gasteiger partial charge in [0.1, 0.15) is 12.9 Å². The van der Waals surface area contributed by atoms with Gasteiger partial charge >= 0.3 is 17.3 Å². The van der Waals surface area contributed by atoms with Crippen LogP contribution >= 0.6 is 0 Å². The summed E-state index contributed by atoms with van der Waals surface area (Å²) in [6.45, 7) is 3.52. The second kappa shape index (κ2) is 6.15. The van der Waals surface area contributed by atoms with E-state index < -0.39 is 23.2 Å². The van der Waals surface area contributed by atoms with Gasteiger partial charge in [-0.25, -0.2) is 14.2 Å². The molecule has 118 valence electrons. The molecule has 0 radical (unpaired) electrons. The normalized spacial score (nSPS) is 24.2. The molecule has 0 aliphatic carbocycles. The van der Waals surface area contributed by atoms with E-state index in [4.69, 9.17) is 15.9 Å². The van der Waals surface area contributed by atoms with Crippen molar-refractivity contribution in [3.63, 3.8) is 0 Å². The number of esters is 1. The van der Waals surface area contributed by atoms with E-state index in [0.29, 0.717) is 12.8 Å². The van der Waals surface area contributed by atoms with Crippen molar-refractivity contribution in [2.75, 3.05) is 6.61 Å². The molecule has 1 N–H and O–H groups in total. The van der Waals surface area contributed by atoms with Gasteiger partial charge in [0.15, 0.2) is 0 Å². The molecule has 1 aliphatic heterocycles. The van der Waals surface area contributed by atoms with E-state index in [0.717, 1.165) is 10.9 Å². The van der Waals surface area contributed by atoms with Gasteiger partial charge in [-0.2, -0.15) is 4.98 Å². The van der Waals surface area contributed by atoms with Crippen molar-refractivity contribution in [1.29, 1.82) is 0 Å². The van der Waals surface area contributed by atoms with Crippen molar-refractivity contribution in [2.24, 2.45) is 5.92 Å². The van der Waals surface area contributed by atoms with Gasteiger partial charge in [-0.3, -0.25) is 9.78 Å². The Labute approximate surface area is 126 Å². The minimum Gasteiger partial charge on any atom is -0.463 e. The number of carbonyl (C=O) groups excluding carboxylic acids is 1. The third-order valence-electron chi connectivity index (χ3n) is 3.39. The summed E-state index contributed by atoms with van der Waals surface area (Å²) in [7, 11) is 0. The predicted octanol–water partition coefficient (Wildman–Crippen LogP) is -0.404. The second-order valence-corrected chi connectivity index (χ2v) is 5.34. The molecule has 8 heteroatoms. The lowest BCUT2D eigenvalue weighted by atomic mass is 10.1. The van der Waals surface area contributed by atoms with E-state index in [1.165, 1.54) is 0 Å². The minimum atomic E-state index is -1.33. The number of hydrogen-bond acceptors (Lipinski definition) is 6. The number of carbonyl (C=O) groups is 1. The Morgan fingerprint density at radius 1 is 1.68 bits per heavy atom. The van der Waals surface area contributed by atoms with Crippen LogP contribution < -0.4 is 11.4 Å². The lowest BCUT2D eigenvalue weighted by Crippen LogP contribution is -2.44. The van der Waals surface area contributed by atoms with Crippen molar-refractivity contribution >= 4 is 5.97 Å². The Morgan fingerprint density at radius 2 is 2.41 bits per heavy atom. The fourth-order valence-electron chi connectivity index (χ4n) is 2.17. The van der Waals surface area contributed by atoms with Crippen molar-refractivity contribution in [3.05, 3.63) is 27.3 Å². The smallest absolute Gasteiger partial charge is 0.350 e.